The number of rotatable bonds is 4. The lowest BCUT2D eigenvalue weighted by Gasteiger charge is -2.32. The van der Waals surface area contributed by atoms with E-state index in [1.807, 2.05) is 0 Å². The number of anilines is 1. The van der Waals surface area contributed by atoms with Crippen LogP contribution < -0.4 is 21.3 Å². The molecule has 1 saturated carbocycles. The van der Waals surface area contributed by atoms with Crippen LogP contribution in [0.2, 0.25) is 0 Å². The molecule has 16 heavy (non-hydrogen) atoms. The third kappa shape index (κ3) is 2.16. The van der Waals surface area contributed by atoms with Crippen LogP contribution in [0.4, 0.5) is 5.82 Å². The molecule has 0 spiro atoms. The van der Waals surface area contributed by atoms with Crippen molar-refractivity contribution in [2.45, 2.75) is 18.9 Å². The Bertz CT molecular complexity index is 412. The van der Waals surface area contributed by atoms with Crippen LogP contribution in [0.25, 0.3) is 0 Å². The lowest BCUT2D eigenvalue weighted by atomic mass is 9.81. The Morgan fingerprint density at radius 1 is 1.69 bits per heavy atom. The van der Waals surface area contributed by atoms with Gasteiger partial charge in [0.05, 0.1) is 13.4 Å². The van der Waals surface area contributed by atoms with Gasteiger partial charge in [0.15, 0.2) is 5.82 Å². The number of H-pyrrole nitrogens is 1. The molecule has 1 aromatic rings. The van der Waals surface area contributed by atoms with E-state index in [1.165, 1.54) is 13.4 Å². The highest BCUT2D eigenvalue weighted by molar-refractivity contribution is 5.47. The van der Waals surface area contributed by atoms with Crippen molar-refractivity contribution >= 4 is 5.82 Å². The number of ether oxygens (including phenoxy) is 1. The summed E-state index contributed by atoms with van der Waals surface area (Å²) < 4.78 is 4.99. The molecule has 4 N–H and O–H groups in total. The molecule has 1 aromatic heterocycles. The summed E-state index contributed by atoms with van der Waals surface area (Å²) in [6.07, 6.45) is 3.41. The number of hydrogen-bond acceptors (Lipinski definition) is 5. The van der Waals surface area contributed by atoms with Crippen molar-refractivity contribution in [1.82, 2.24) is 9.97 Å². The standard InChI is InChI=1S/C10H16N4O2/c1-16-8-9(13-5-14-10(8)15)12-4-6-2-7(11)3-6/h5-7H,2-4,11H2,1H3,(H2,12,13,14,15). The number of nitrogens with zero attached hydrogens (tertiary/aromatic N) is 1. The van der Waals surface area contributed by atoms with E-state index in [1.54, 1.807) is 0 Å². The van der Waals surface area contributed by atoms with Gasteiger partial charge >= 0.3 is 0 Å². The third-order valence-electron chi connectivity index (χ3n) is 2.85. The second kappa shape index (κ2) is 4.52. The van der Waals surface area contributed by atoms with E-state index in [9.17, 15) is 4.79 Å². The number of aromatic nitrogens is 2. The van der Waals surface area contributed by atoms with Crippen LogP contribution in [0, 0.1) is 5.92 Å². The van der Waals surface area contributed by atoms with Gasteiger partial charge in [-0.05, 0) is 18.8 Å². The minimum Gasteiger partial charge on any atom is -0.489 e. The van der Waals surface area contributed by atoms with Gasteiger partial charge in [0, 0.05) is 12.6 Å². The molecule has 1 heterocycles. The summed E-state index contributed by atoms with van der Waals surface area (Å²) in [5.74, 6) is 1.29. The smallest absolute Gasteiger partial charge is 0.295 e. The molecule has 1 aliphatic carbocycles. The van der Waals surface area contributed by atoms with Gasteiger partial charge in [-0.15, -0.1) is 0 Å². The molecule has 2 rings (SSSR count). The van der Waals surface area contributed by atoms with E-state index in [0.717, 1.165) is 19.4 Å². The van der Waals surface area contributed by atoms with Gasteiger partial charge < -0.3 is 20.8 Å². The Kier molecular flexibility index (Phi) is 3.09. The van der Waals surface area contributed by atoms with Gasteiger partial charge in [-0.3, -0.25) is 4.79 Å². The van der Waals surface area contributed by atoms with Crippen LogP contribution in [0.1, 0.15) is 12.8 Å². The molecule has 1 aliphatic rings. The topological polar surface area (TPSA) is 93.0 Å². The lowest BCUT2D eigenvalue weighted by Crippen LogP contribution is -2.39. The van der Waals surface area contributed by atoms with E-state index in [2.05, 4.69) is 15.3 Å². The minimum absolute atomic E-state index is 0.228. The van der Waals surface area contributed by atoms with E-state index >= 15 is 0 Å². The van der Waals surface area contributed by atoms with Crippen LogP contribution in [-0.2, 0) is 0 Å². The van der Waals surface area contributed by atoms with Gasteiger partial charge in [0.2, 0.25) is 5.75 Å². The van der Waals surface area contributed by atoms with E-state index in [0.29, 0.717) is 17.8 Å². The second-order valence-electron chi connectivity index (χ2n) is 4.09. The van der Waals surface area contributed by atoms with E-state index in [4.69, 9.17) is 10.5 Å². The number of hydrogen-bond donors (Lipinski definition) is 3. The molecule has 0 atom stereocenters. The van der Waals surface area contributed by atoms with Gasteiger partial charge in [-0.25, -0.2) is 4.98 Å². The Labute approximate surface area is 93.2 Å². The van der Waals surface area contributed by atoms with Crippen LogP contribution >= 0.6 is 0 Å². The van der Waals surface area contributed by atoms with Gasteiger partial charge in [-0.2, -0.15) is 0 Å². The molecular weight excluding hydrogens is 208 g/mol. The number of aromatic amines is 1. The highest BCUT2D eigenvalue weighted by Gasteiger charge is 2.25. The summed E-state index contributed by atoms with van der Waals surface area (Å²) in [7, 11) is 1.46. The number of nitrogens with two attached hydrogens (primary N) is 1. The van der Waals surface area contributed by atoms with Crippen molar-refractivity contribution in [1.29, 1.82) is 0 Å². The molecule has 0 amide bonds. The molecule has 6 heteroatoms. The summed E-state index contributed by atoms with van der Waals surface area (Å²) in [6.45, 7) is 0.778. The molecule has 88 valence electrons. The molecule has 0 bridgehead atoms. The maximum absolute atomic E-state index is 11.4. The lowest BCUT2D eigenvalue weighted by molar-refractivity contribution is 0.279. The van der Waals surface area contributed by atoms with Crippen molar-refractivity contribution in [3.63, 3.8) is 0 Å². The molecule has 0 saturated heterocycles. The fourth-order valence-corrected chi connectivity index (χ4v) is 1.90. The predicted molar refractivity (Wildman–Crippen MR) is 60.6 cm³/mol. The maximum Gasteiger partial charge on any atom is 0.295 e. The summed E-state index contributed by atoms with van der Waals surface area (Å²) in [6, 6.07) is 0.334. The fourth-order valence-electron chi connectivity index (χ4n) is 1.90. The average Bonchev–Trinajstić information content (AvgIpc) is 2.23. The van der Waals surface area contributed by atoms with Crippen molar-refractivity contribution < 1.29 is 4.74 Å². The zero-order valence-electron chi connectivity index (χ0n) is 9.19. The van der Waals surface area contributed by atoms with E-state index in [-0.39, 0.29) is 11.3 Å². The van der Waals surface area contributed by atoms with Crippen LogP contribution in [0.3, 0.4) is 0 Å². The Morgan fingerprint density at radius 3 is 3.06 bits per heavy atom. The second-order valence-corrected chi connectivity index (χ2v) is 4.09. The molecule has 0 radical (unpaired) electrons. The summed E-state index contributed by atoms with van der Waals surface area (Å²) in [5, 5.41) is 3.12. The quantitative estimate of drug-likeness (QED) is 0.665. The Balaban J connectivity index is 1.98. The minimum atomic E-state index is -0.273. The first-order valence-electron chi connectivity index (χ1n) is 5.32. The van der Waals surface area contributed by atoms with Crippen molar-refractivity contribution in [3.05, 3.63) is 16.7 Å². The zero-order chi connectivity index (χ0) is 11.5. The van der Waals surface area contributed by atoms with Crippen molar-refractivity contribution in [2.24, 2.45) is 11.7 Å². The van der Waals surface area contributed by atoms with Crippen molar-refractivity contribution in [3.8, 4) is 5.75 Å². The molecule has 1 fully saturated rings. The van der Waals surface area contributed by atoms with Gasteiger partial charge in [-0.1, -0.05) is 0 Å². The number of methoxy groups -OCH3 is 1. The Hall–Kier alpha value is -1.56. The first-order valence-corrected chi connectivity index (χ1v) is 5.32. The van der Waals surface area contributed by atoms with E-state index < -0.39 is 0 Å². The largest absolute Gasteiger partial charge is 0.489 e. The molecule has 0 aromatic carbocycles. The highest BCUT2D eigenvalue weighted by Crippen LogP contribution is 2.26. The third-order valence-corrected chi connectivity index (χ3v) is 2.85. The van der Waals surface area contributed by atoms with Crippen LogP contribution in [-0.4, -0.2) is 29.7 Å². The molecule has 0 unspecified atom stereocenters. The van der Waals surface area contributed by atoms with Gasteiger partial charge in [0.1, 0.15) is 0 Å². The fraction of sp³-hybridized carbons (Fsp3) is 0.600. The van der Waals surface area contributed by atoms with Gasteiger partial charge in [0.25, 0.3) is 5.56 Å². The maximum atomic E-state index is 11.4. The normalized spacial score (nSPS) is 23.6. The Morgan fingerprint density at radius 2 is 2.44 bits per heavy atom. The van der Waals surface area contributed by atoms with Crippen LogP contribution in [0.5, 0.6) is 5.75 Å². The summed E-state index contributed by atoms with van der Waals surface area (Å²) >= 11 is 0. The van der Waals surface area contributed by atoms with Crippen LogP contribution in [0.15, 0.2) is 11.1 Å². The molecular formula is C10H16N4O2. The summed E-state index contributed by atoms with van der Waals surface area (Å²) in [4.78, 5) is 17.9. The monoisotopic (exact) mass is 224 g/mol. The van der Waals surface area contributed by atoms with Crippen molar-refractivity contribution in [2.75, 3.05) is 19.0 Å². The molecule has 0 aliphatic heterocycles. The first kappa shape index (κ1) is 10.9. The number of nitrogens with one attached hydrogen (secondary N) is 2. The highest BCUT2D eigenvalue weighted by atomic mass is 16.5. The summed E-state index contributed by atoms with van der Waals surface area (Å²) in [5.41, 5.74) is 5.42. The first-order chi connectivity index (χ1) is 7.70. The SMILES string of the molecule is COc1c(NCC2CC(N)C2)nc[nH]c1=O. The average molecular weight is 224 g/mol. The molecule has 6 nitrogen and oxygen atoms in total. The predicted octanol–water partition coefficient (Wildman–Crippen LogP) is -0.0723. The zero-order valence-corrected chi connectivity index (χ0v) is 9.19.